The zero-order valence-corrected chi connectivity index (χ0v) is 15.6. The van der Waals surface area contributed by atoms with E-state index in [1.165, 1.54) is 4.52 Å². The molecule has 0 aliphatic carbocycles. The van der Waals surface area contributed by atoms with E-state index in [4.69, 9.17) is 4.43 Å². The minimum absolute atomic E-state index is 0.291. The van der Waals surface area contributed by atoms with Crippen LogP contribution in [-0.4, -0.2) is 23.8 Å². The average molecular weight is 360 g/mol. The lowest BCUT2D eigenvalue weighted by atomic mass is 9.84. The van der Waals surface area contributed by atoms with Crippen LogP contribution in [0.15, 0.2) is 18.2 Å². The Morgan fingerprint density at radius 3 is 2.33 bits per heavy atom. The number of aliphatic hydroxyl groups excluding tert-OH is 1. The van der Waals surface area contributed by atoms with Crippen LogP contribution in [0.4, 0.5) is 13.2 Å². The standard InChI is InChI=1S/C16H23F3N2O2Si/c1-15(2,3)14(23-24(4)5)11-7-6-10(9-22)21-12(11)8-13(20-21)16(17,18)19/h6-8,14,22,24H,9H2,1-5H3. The van der Waals surface area contributed by atoms with E-state index in [9.17, 15) is 18.3 Å². The van der Waals surface area contributed by atoms with Crippen LogP contribution in [-0.2, 0) is 17.2 Å². The highest BCUT2D eigenvalue weighted by atomic mass is 28.3. The first kappa shape index (κ1) is 18.9. The van der Waals surface area contributed by atoms with E-state index in [1.807, 2.05) is 33.9 Å². The van der Waals surface area contributed by atoms with Crippen molar-refractivity contribution in [3.05, 3.63) is 35.2 Å². The maximum absolute atomic E-state index is 13.1. The number of nitrogens with zero attached hydrogens (tertiary/aromatic N) is 2. The zero-order valence-electron chi connectivity index (χ0n) is 14.5. The maximum Gasteiger partial charge on any atom is 0.435 e. The molecule has 2 aromatic rings. The molecule has 1 atom stereocenters. The number of rotatable bonds is 4. The third-order valence-corrected chi connectivity index (χ3v) is 4.48. The van der Waals surface area contributed by atoms with E-state index in [-0.39, 0.29) is 11.5 Å². The van der Waals surface area contributed by atoms with E-state index in [1.54, 1.807) is 12.1 Å². The Hall–Kier alpha value is -1.38. The SMILES string of the molecule is C[SiH](C)OC(c1ccc(CO)n2nc(C(F)(F)F)cc12)C(C)(C)C. The Morgan fingerprint density at radius 2 is 1.88 bits per heavy atom. The topological polar surface area (TPSA) is 46.8 Å². The molecule has 1 unspecified atom stereocenters. The number of fused-ring (bicyclic) bond motifs is 1. The van der Waals surface area contributed by atoms with Crippen LogP contribution in [0.2, 0.25) is 13.1 Å². The quantitative estimate of drug-likeness (QED) is 0.841. The Bertz CT molecular complexity index is 720. The summed E-state index contributed by atoms with van der Waals surface area (Å²) in [5.41, 5.74) is 0.0198. The van der Waals surface area contributed by atoms with Crippen LogP contribution in [0.5, 0.6) is 0 Å². The van der Waals surface area contributed by atoms with Gasteiger partial charge in [0.15, 0.2) is 14.7 Å². The van der Waals surface area contributed by atoms with Gasteiger partial charge in [-0.05, 0) is 30.6 Å². The highest BCUT2D eigenvalue weighted by Gasteiger charge is 2.36. The van der Waals surface area contributed by atoms with Gasteiger partial charge in [0, 0.05) is 5.56 Å². The highest BCUT2D eigenvalue weighted by molar-refractivity contribution is 6.48. The molecule has 8 heteroatoms. The maximum atomic E-state index is 13.1. The number of hydrogen-bond donors (Lipinski definition) is 1. The molecule has 2 aromatic heterocycles. The van der Waals surface area contributed by atoms with Crippen LogP contribution >= 0.6 is 0 Å². The lowest BCUT2D eigenvalue weighted by Gasteiger charge is -2.33. The summed E-state index contributed by atoms with van der Waals surface area (Å²) in [6, 6.07) is 4.35. The van der Waals surface area contributed by atoms with Gasteiger partial charge in [0.2, 0.25) is 0 Å². The normalized spacial score (nSPS) is 14.6. The van der Waals surface area contributed by atoms with E-state index in [2.05, 4.69) is 5.10 Å². The largest absolute Gasteiger partial charge is 0.435 e. The second-order valence-corrected chi connectivity index (χ2v) is 9.56. The lowest BCUT2D eigenvalue weighted by Crippen LogP contribution is -2.26. The molecule has 0 aliphatic heterocycles. The van der Waals surface area contributed by atoms with Gasteiger partial charge in [-0.15, -0.1) is 0 Å². The zero-order chi connectivity index (χ0) is 18.3. The molecule has 2 rings (SSSR count). The van der Waals surface area contributed by atoms with E-state index in [0.717, 1.165) is 6.07 Å². The van der Waals surface area contributed by atoms with E-state index in [0.29, 0.717) is 16.8 Å². The van der Waals surface area contributed by atoms with Crippen LogP contribution in [0.25, 0.3) is 5.52 Å². The van der Waals surface area contributed by atoms with Crippen molar-refractivity contribution in [2.45, 2.75) is 52.8 Å². The summed E-state index contributed by atoms with van der Waals surface area (Å²) < 4.78 is 46.5. The molecular weight excluding hydrogens is 337 g/mol. The second kappa shape index (κ2) is 6.49. The van der Waals surface area contributed by atoms with Crippen molar-refractivity contribution < 1.29 is 22.7 Å². The fraction of sp³-hybridized carbons (Fsp3) is 0.562. The summed E-state index contributed by atoms with van der Waals surface area (Å²) in [6.07, 6.45) is -4.89. The number of pyridine rings is 1. The number of halogens is 3. The molecular formula is C16H23F3N2O2Si. The number of hydrogen-bond acceptors (Lipinski definition) is 3. The van der Waals surface area contributed by atoms with Crippen molar-refractivity contribution in [3.63, 3.8) is 0 Å². The summed E-state index contributed by atoms with van der Waals surface area (Å²) in [5, 5.41) is 13.1. The summed E-state index contributed by atoms with van der Waals surface area (Å²) in [6.45, 7) is 9.63. The predicted octanol–water partition coefficient (Wildman–Crippen LogP) is 3.93. The molecule has 4 nitrogen and oxygen atoms in total. The van der Waals surface area contributed by atoms with Gasteiger partial charge in [-0.25, -0.2) is 4.52 Å². The van der Waals surface area contributed by atoms with Crippen molar-refractivity contribution >= 4 is 14.6 Å². The van der Waals surface area contributed by atoms with Crippen LogP contribution in [0.3, 0.4) is 0 Å². The number of aromatic nitrogens is 2. The summed E-state index contributed by atoms with van der Waals surface area (Å²) in [7, 11) is -1.43. The molecule has 2 heterocycles. The summed E-state index contributed by atoms with van der Waals surface area (Å²) in [4.78, 5) is 0. The van der Waals surface area contributed by atoms with Crippen molar-refractivity contribution in [3.8, 4) is 0 Å². The van der Waals surface area contributed by atoms with Gasteiger partial charge in [-0.1, -0.05) is 26.8 Å². The third kappa shape index (κ3) is 3.81. The predicted molar refractivity (Wildman–Crippen MR) is 88.3 cm³/mol. The fourth-order valence-electron chi connectivity index (χ4n) is 2.64. The first-order chi connectivity index (χ1) is 10.9. The smallest absolute Gasteiger partial charge is 0.413 e. The van der Waals surface area contributed by atoms with Gasteiger partial charge in [0.05, 0.1) is 23.9 Å². The fourth-order valence-corrected chi connectivity index (χ4v) is 3.74. The monoisotopic (exact) mass is 360 g/mol. The Morgan fingerprint density at radius 1 is 1.25 bits per heavy atom. The first-order valence-electron chi connectivity index (χ1n) is 7.80. The molecule has 0 bridgehead atoms. The molecule has 0 aromatic carbocycles. The molecule has 0 saturated carbocycles. The second-order valence-electron chi connectivity index (χ2n) is 7.19. The molecule has 0 fully saturated rings. The highest BCUT2D eigenvalue weighted by Crippen LogP contribution is 2.40. The Kier molecular flexibility index (Phi) is 5.13. The molecule has 134 valence electrons. The van der Waals surface area contributed by atoms with Crippen LogP contribution in [0, 0.1) is 5.41 Å². The van der Waals surface area contributed by atoms with Crippen molar-refractivity contribution in [2.24, 2.45) is 5.41 Å². The van der Waals surface area contributed by atoms with Gasteiger partial charge in [-0.2, -0.15) is 18.3 Å². The average Bonchev–Trinajstić information content (AvgIpc) is 2.87. The molecule has 0 spiro atoms. The molecule has 0 amide bonds. The molecule has 0 aliphatic rings. The summed E-state index contributed by atoms with van der Waals surface area (Å²) in [5.74, 6) is 0. The number of alkyl halides is 3. The van der Waals surface area contributed by atoms with Gasteiger partial charge in [-0.3, -0.25) is 0 Å². The Balaban J connectivity index is 2.71. The van der Waals surface area contributed by atoms with E-state index >= 15 is 0 Å². The van der Waals surface area contributed by atoms with Gasteiger partial charge in [0.25, 0.3) is 0 Å². The lowest BCUT2D eigenvalue weighted by molar-refractivity contribution is -0.141. The van der Waals surface area contributed by atoms with Gasteiger partial charge in [0.1, 0.15) is 0 Å². The van der Waals surface area contributed by atoms with Gasteiger partial charge >= 0.3 is 6.18 Å². The molecule has 24 heavy (non-hydrogen) atoms. The van der Waals surface area contributed by atoms with Crippen LogP contribution in [0.1, 0.15) is 43.8 Å². The van der Waals surface area contributed by atoms with Crippen LogP contribution < -0.4 is 0 Å². The minimum Gasteiger partial charge on any atom is -0.413 e. The summed E-state index contributed by atoms with van der Waals surface area (Å²) >= 11 is 0. The Labute approximate surface area is 141 Å². The first-order valence-corrected chi connectivity index (χ1v) is 10.6. The third-order valence-electron chi connectivity index (χ3n) is 3.66. The molecule has 0 saturated heterocycles. The number of aliphatic hydroxyl groups is 1. The van der Waals surface area contributed by atoms with Crippen molar-refractivity contribution in [1.29, 1.82) is 0 Å². The van der Waals surface area contributed by atoms with E-state index < -0.39 is 27.5 Å². The molecule has 1 N–H and O–H groups in total. The minimum atomic E-state index is -4.54. The van der Waals surface area contributed by atoms with Crippen molar-refractivity contribution in [2.75, 3.05) is 0 Å². The van der Waals surface area contributed by atoms with Gasteiger partial charge < -0.3 is 9.53 Å². The molecule has 0 radical (unpaired) electrons. The van der Waals surface area contributed by atoms with Crippen molar-refractivity contribution in [1.82, 2.24) is 9.61 Å².